The van der Waals surface area contributed by atoms with Crippen molar-refractivity contribution >= 4 is 21.4 Å². The van der Waals surface area contributed by atoms with Crippen LogP contribution in [0.1, 0.15) is 11.1 Å². The first-order valence-corrected chi connectivity index (χ1v) is 5.10. The van der Waals surface area contributed by atoms with Crippen LogP contribution in [-0.2, 0) is 0 Å². The molecule has 1 aromatic carbocycles. The van der Waals surface area contributed by atoms with E-state index in [1.165, 1.54) is 0 Å². The predicted octanol–water partition coefficient (Wildman–Crippen LogP) is 3.09. The fraction of sp³-hybridized carbons (Fsp3) is 0.182. The summed E-state index contributed by atoms with van der Waals surface area (Å²) in [6, 6.07) is 6.22. The molecule has 1 aromatic heterocycles. The molecule has 0 aliphatic heterocycles. The largest absolute Gasteiger partial charge is 0.495 e. The molecule has 0 atom stereocenters. The van der Waals surface area contributed by atoms with Crippen molar-refractivity contribution in [3.8, 4) is 11.8 Å². The lowest BCUT2D eigenvalue weighted by molar-refractivity contribution is 0.421. The Morgan fingerprint density at radius 2 is 2.21 bits per heavy atom. The van der Waals surface area contributed by atoms with Gasteiger partial charge in [-0.25, -0.2) is 0 Å². The van der Waals surface area contributed by atoms with Gasteiger partial charge in [-0.2, -0.15) is 5.26 Å². The number of nitrogens with zero attached hydrogens (tertiary/aromatic N) is 1. The molecule has 0 saturated carbocycles. The summed E-state index contributed by atoms with van der Waals surface area (Å²) in [5.41, 5.74) is 1.72. The SMILES string of the molecule is COc1csc2ccc(C)c(C#N)c12. The first kappa shape index (κ1) is 9.04. The quantitative estimate of drug-likeness (QED) is 0.713. The number of aryl methyl sites for hydroxylation is 1. The summed E-state index contributed by atoms with van der Waals surface area (Å²) in [5.74, 6) is 0.797. The van der Waals surface area contributed by atoms with E-state index in [0.717, 1.165) is 27.0 Å². The van der Waals surface area contributed by atoms with Gasteiger partial charge in [0.05, 0.1) is 18.1 Å². The molecule has 14 heavy (non-hydrogen) atoms. The molecule has 0 radical (unpaired) electrons. The van der Waals surface area contributed by atoms with Crippen LogP contribution in [0.25, 0.3) is 10.1 Å². The van der Waals surface area contributed by atoms with Gasteiger partial charge in [0.2, 0.25) is 0 Å². The van der Waals surface area contributed by atoms with Crippen molar-refractivity contribution in [1.82, 2.24) is 0 Å². The Labute approximate surface area is 86.4 Å². The van der Waals surface area contributed by atoms with Crippen LogP contribution in [0.5, 0.6) is 5.75 Å². The summed E-state index contributed by atoms with van der Waals surface area (Å²) >= 11 is 1.60. The monoisotopic (exact) mass is 203 g/mol. The molecular formula is C11H9NOS. The van der Waals surface area contributed by atoms with E-state index in [2.05, 4.69) is 6.07 Å². The fourth-order valence-electron chi connectivity index (χ4n) is 1.50. The molecular weight excluding hydrogens is 194 g/mol. The van der Waals surface area contributed by atoms with Crippen molar-refractivity contribution in [2.75, 3.05) is 7.11 Å². The number of hydrogen-bond donors (Lipinski definition) is 0. The number of rotatable bonds is 1. The van der Waals surface area contributed by atoms with Gasteiger partial charge in [0.15, 0.2) is 0 Å². The van der Waals surface area contributed by atoms with Gasteiger partial charge < -0.3 is 4.74 Å². The standard InChI is InChI=1S/C11H9NOS/c1-7-3-4-10-11(8(7)5-12)9(13-2)6-14-10/h3-4,6H,1-2H3. The highest BCUT2D eigenvalue weighted by Gasteiger charge is 2.10. The highest BCUT2D eigenvalue weighted by molar-refractivity contribution is 7.17. The van der Waals surface area contributed by atoms with E-state index in [-0.39, 0.29) is 0 Å². The lowest BCUT2D eigenvalue weighted by atomic mass is 10.1. The zero-order chi connectivity index (χ0) is 10.1. The molecule has 2 aromatic rings. The van der Waals surface area contributed by atoms with Gasteiger partial charge >= 0.3 is 0 Å². The molecule has 0 unspecified atom stereocenters. The Morgan fingerprint density at radius 1 is 1.43 bits per heavy atom. The zero-order valence-electron chi connectivity index (χ0n) is 8.00. The van der Waals surface area contributed by atoms with E-state index in [1.54, 1.807) is 18.4 Å². The maximum atomic E-state index is 9.05. The summed E-state index contributed by atoms with van der Waals surface area (Å²) < 4.78 is 6.33. The lowest BCUT2D eigenvalue weighted by Gasteiger charge is -2.01. The minimum atomic E-state index is 0.723. The second-order valence-electron chi connectivity index (χ2n) is 3.05. The highest BCUT2D eigenvalue weighted by Crippen LogP contribution is 2.35. The van der Waals surface area contributed by atoms with E-state index in [4.69, 9.17) is 10.00 Å². The second kappa shape index (κ2) is 3.32. The van der Waals surface area contributed by atoms with E-state index >= 15 is 0 Å². The molecule has 1 heterocycles. The number of hydrogen-bond acceptors (Lipinski definition) is 3. The summed E-state index contributed by atoms with van der Waals surface area (Å²) in [6.07, 6.45) is 0. The molecule has 3 heteroatoms. The fourth-order valence-corrected chi connectivity index (χ4v) is 2.42. The Morgan fingerprint density at radius 3 is 2.86 bits per heavy atom. The summed E-state index contributed by atoms with van der Waals surface area (Å²) in [6.45, 7) is 1.94. The molecule has 70 valence electrons. The molecule has 0 saturated heterocycles. The molecule has 0 aliphatic rings. The van der Waals surface area contributed by atoms with Gasteiger partial charge in [-0.05, 0) is 18.6 Å². The smallest absolute Gasteiger partial charge is 0.138 e. The van der Waals surface area contributed by atoms with Gasteiger partial charge in [0, 0.05) is 10.1 Å². The van der Waals surface area contributed by atoms with E-state index < -0.39 is 0 Å². The number of benzene rings is 1. The Bertz CT molecular complexity index is 522. The average molecular weight is 203 g/mol. The molecule has 0 bridgehead atoms. The number of thiophene rings is 1. The van der Waals surface area contributed by atoms with Crippen molar-refractivity contribution in [3.05, 3.63) is 28.6 Å². The Hall–Kier alpha value is -1.53. The minimum Gasteiger partial charge on any atom is -0.495 e. The Balaban J connectivity index is 2.90. The van der Waals surface area contributed by atoms with Crippen molar-refractivity contribution in [1.29, 1.82) is 5.26 Å². The summed E-state index contributed by atoms with van der Waals surface area (Å²) in [4.78, 5) is 0. The highest BCUT2D eigenvalue weighted by atomic mass is 32.1. The van der Waals surface area contributed by atoms with Crippen LogP contribution < -0.4 is 4.74 Å². The van der Waals surface area contributed by atoms with Crippen molar-refractivity contribution in [2.24, 2.45) is 0 Å². The average Bonchev–Trinajstić information content (AvgIpc) is 2.61. The topological polar surface area (TPSA) is 33.0 Å². The van der Waals surface area contributed by atoms with Gasteiger partial charge in [-0.1, -0.05) is 6.07 Å². The maximum Gasteiger partial charge on any atom is 0.138 e. The lowest BCUT2D eigenvalue weighted by Crippen LogP contribution is -1.86. The first-order valence-electron chi connectivity index (χ1n) is 4.23. The van der Waals surface area contributed by atoms with Crippen molar-refractivity contribution < 1.29 is 4.74 Å². The maximum absolute atomic E-state index is 9.05. The number of nitriles is 1. The molecule has 2 nitrogen and oxygen atoms in total. The third kappa shape index (κ3) is 1.16. The predicted molar refractivity (Wildman–Crippen MR) is 57.8 cm³/mol. The van der Waals surface area contributed by atoms with E-state index in [0.29, 0.717) is 0 Å². The van der Waals surface area contributed by atoms with Gasteiger partial charge in [0.25, 0.3) is 0 Å². The third-order valence-electron chi connectivity index (χ3n) is 2.25. The zero-order valence-corrected chi connectivity index (χ0v) is 8.81. The first-order chi connectivity index (χ1) is 6.77. The van der Waals surface area contributed by atoms with Crippen LogP contribution in [0.4, 0.5) is 0 Å². The normalized spacial score (nSPS) is 10.1. The van der Waals surface area contributed by atoms with Crippen LogP contribution in [0.3, 0.4) is 0 Å². The molecule has 0 aliphatic carbocycles. The van der Waals surface area contributed by atoms with Crippen molar-refractivity contribution in [3.63, 3.8) is 0 Å². The van der Waals surface area contributed by atoms with Crippen LogP contribution >= 0.6 is 11.3 Å². The molecule has 0 fully saturated rings. The van der Waals surface area contributed by atoms with Gasteiger partial charge in [-0.15, -0.1) is 11.3 Å². The number of methoxy groups -OCH3 is 1. The molecule has 0 spiro atoms. The van der Waals surface area contributed by atoms with Crippen LogP contribution in [-0.4, -0.2) is 7.11 Å². The van der Waals surface area contributed by atoms with Gasteiger partial charge in [0.1, 0.15) is 11.8 Å². The van der Waals surface area contributed by atoms with Gasteiger partial charge in [-0.3, -0.25) is 0 Å². The van der Waals surface area contributed by atoms with Crippen LogP contribution in [0.15, 0.2) is 17.5 Å². The van der Waals surface area contributed by atoms with Crippen LogP contribution in [0.2, 0.25) is 0 Å². The molecule has 0 N–H and O–H groups in total. The minimum absolute atomic E-state index is 0.723. The number of ether oxygens (including phenoxy) is 1. The molecule has 0 amide bonds. The van der Waals surface area contributed by atoms with E-state index in [1.807, 2.05) is 24.4 Å². The van der Waals surface area contributed by atoms with Crippen molar-refractivity contribution in [2.45, 2.75) is 6.92 Å². The summed E-state index contributed by atoms with van der Waals surface area (Å²) in [7, 11) is 1.63. The van der Waals surface area contributed by atoms with E-state index in [9.17, 15) is 0 Å². The molecule has 2 rings (SSSR count). The van der Waals surface area contributed by atoms with Crippen LogP contribution in [0, 0.1) is 18.3 Å². The Kier molecular flexibility index (Phi) is 2.14. The summed E-state index contributed by atoms with van der Waals surface area (Å²) in [5, 5.41) is 11.9. The third-order valence-corrected chi connectivity index (χ3v) is 3.17. The second-order valence-corrected chi connectivity index (χ2v) is 3.96. The number of fused-ring (bicyclic) bond motifs is 1.